The van der Waals surface area contributed by atoms with Crippen molar-refractivity contribution < 1.29 is 31.0 Å². The number of rotatable bonds is 7. The molecule has 0 spiro atoms. The van der Waals surface area contributed by atoms with Gasteiger partial charge in [-0.15, -0.1) is 0 Å². The molecule has 0 amide bonds. The van der Waals surface area contributed by atoms with Crippen molar-refractivity contribution in [2.45, 2.75) is 29.8 Å². The van der Waals surface area contributed by atoms with E-state index in [9.17, 15) is 31.7 Å². The molecule has 3 heterocycles. The number of piperidine rings is 1. The Bertz CT molecular complexity index is 1690. The molecular weight excluding hydrogens is 567 g/mol. The van der Waals surface area contributed by atoms with Crippen molar-refractivity contribution in [2.24, 2.45) is 0 Å². The first-order chi connectivity index (χ1) is 19.4. The molecule has 4 aromatic rings. The third kappa shape index (κ3) is 6.42. The number of halogens is 3. The standard InChI is InChI=1S/C25H22F3N7O5S/c1-41(38,39)19-7-5-18(6-8-19)29-20-14-21(31-24(30-20)35(36)37)34-11-9-15(10-12-34)23-32-22(33-40-23)16-3-2-4-17(13-16)25(26,27)28/h2-8,13-15H,9-12H2,1H3,(H,29,30,31). The molecule has 1 N–H and O–H groups in total. The predicted molar refractivity (Wildman–Crippen MR) is 140 cm³/mol. The van der Waals surface area contributed by atoms with E-state index >= 15 is 0 Å². The summed E-state index contributed by atoms with van der Waals surface area (Å²) in [5.74, 6) is 0.0450. The summed E-state index contributed by atoms with van der Waals surface area (Å²) >= 11 is 0. The van der Waals surface area contributed by atoms with Crippen LogP contribution in [-0.2, 0) is 16.0 Å². The van der Waals surface area contributed by atoms with Crippen molar-refractivity contribution >= 4 is 33.1 Å². The molecule has 0 bridgehead atoms. The Kier molecular flexibility index (Phi) is 7.33. The first-order valence-corrected chi connectivity index (χ1v) is 14.1. The average Bonchev–Trinajstić information content (AvgIpc) is 3.43. The largest absolute Gasteiger partial charge is 0.472 e. The van der Waals surface area contributed by atoms with Gasteiger partial charge in [-0.2, -0.15) is 18.2 Å². The number of aromatic nitrogens is 4. The van der Waals surface area contributed by atoms with Crippen molar-refractivity contribution in [1.82, 2.24) is 20.1 Å². The molecular formula is C25H22F3N7O5S. The Morgan fingerprint density at radius 2 is 1.76 bits per heavy atom. The van der Waals surface area contributed by atoms with E-state index in [1.54, 1.807) is 6.07 Å². The minimum absolute atomic E-state index is 0.0558. The van der Waals surface area contributed by atoms with Gasteiger partial charge >= 0.3 is 12.1 Å². The fourth-order valence-electron chi connectivity index (χ4n) is 4.37. The third-order valence-corrected chi connectivity index (χ3v) is 7.61. The molecule has 41 heavy (non-hydrogen) atoms. The van der Waals surface area contributed by atoms with Gasteiger partial charge in [-0.05, 0) is 64.1 Å². The van der Waals surface area contributed by atoms with Crippen LogP contribution in [0, 0.1) is 10.1 Å². The van der Waals surface area contributed by atoms with Crippen molar-refractivity contribution in [3.63, 3.8) is 0 Å². The molecule has 2 aromatic carbocycles. The monoisotopic (exact) mass is 589 g/mol. The fraction of sp³-hybridized carbons (Fsp3) is 0.280. The normalized spacial score (nSPS) is 14.7. The Hall–Kier alpha value is -4.60. The number of hydrogen-bond acceptors (Lipinski definition) is 11. The summed E-state index contributed by atoms with van der Waals surface area (Å²) in [5, 5.41) is 18.3. The molecule has 0 atom stereocenters. The minimum Gasteiger partial charge on any atom is -0.390 e. The van der Waals surface area contributed by atoms with Crippen LogP contribution in [0.5, 0.6) is 0 Å². The molecule has 1 aliphatic heterocycles. The summed E-state index contributed by atoms with van der Waals surface area (Å²) in [6, 6.07) is 12.1. The van der Waals surface area contributed by atoms with Crippen LogP contribution in [0.3, 0.4) is 0 Å². The van der Waals surface area contributed by atoms with Gasteiger partial charge in [-0.1, -0.05) is 17.3 Å². The van der Waals surface area contributed by atoms with Gasteiger partial charge in [-0.25, -0.2) is 8.42 Å². The quantitative estimate of drug-likeness (QED) is 0.229. The Balaban J connectivity index is 1.29. The average molecular weight is 590 g/mol. The first-order valence-electron chi connectivity index (χ1n) is 12.2. The second-order valence-electron chi connectivity index (χ2n) is 9.39. The lowest BCUT2D eigenvalue weighted by molar-refractivity contribution is -0.394. The second-order valence-corrected chi connectivity index (χ2v) is 11.4. The summed E-state index contributed by atoms with van der Waals surface area (Å²) in [4.78, 5) is 25.1. The number of hydrogen-bond donors (Lipinski definition) is 1. The highest BCUT2D eigenvalue weighted by atomic mass is 32.2. The highest BCUT2D eigenvalue weighted by molar-refractivity contribution is 7.90. The summed E-state index contributed by atoms with van der Waals surface area (Å²) < 4.78 is 68.0. The third-order valence-electron chi connectivity index (χ3n) is 6.48. The summed E-state index contributed by atoms with van der Waals surface area (Å²) in [6.45, 7) is 0.866. The van der Waals surface area contributed by atoms with Crippen molar-refractivity contribution in [1.29, 1.82) is 0 Å². The maximum atomic E-state index is 13.1. The van der Waals surface area contributed by atoms with Gasteiger partial charge in [0.05, 0.1) is 16.5 Å². The number of anilines is 3. The van der Waals surface area contributed by atoms with E-state index < -0.39 is 32.4 Å². The molecule has 0 unspecified atom stereocenters. The first kappa shape index (κ1) is 27.9. The van der Waals surface area contributed by atoms with Gasteiger partial charge in [0, 0.05) is 36.5 Å². The SMILES string of the molecule is CS(=O)(=O)c1ccc(Nc2cc(N3CCC(c4nc(-c5cccc(C(F)(F)F)c5)no4)CC3)nc([N+](=O)[O-])n2)cc1. The molecule has 0 saturated carbocycles. The van der Waals surface area contributed by atoms with Crippen LogP contribution in [0.2, 0.25) is 0 Å². The van der Waals surface area contributed by atoms with Crippen molar-refractivity contribution in [3.8, 4) is 11.4 Å². The molecule has 0 radical (unpaired) electrons. The van der Waals surface area contributed by atoms with Crippen LogP contribution < -0.4 is 10.2 Å². The molecule has 16 heteroatoms. The maximum Gasteiger partial charge on any atom is 0.472 e. The lowest BCUT2D eigenvalue weighted by Crippen LogP contribution is -2.33. The van der Waals surface area contributed by atoms with E-state index in [0.29, 0.717) is 43.3 Å². The van der Waals surface area contributed by atoms with E-state index in [4.69, 9.17) is 4.52 Å². The molecule has 1 aliphatic rings. The molecule has 2 aromatic heterocycles. The van der Waals surface area contributed by atoms with Crippen molar-refractivity contribution in [3.05, 3.63) is 76.2 Å². The van der Waals surface area contributed by atoms with Crippen molar-refractivity contribution in [2.75, 3.05) is 29.6 Å². The zero-order chi connectivity index (χ0) is 29.4. The Labute approximate surface area is 231 Å². The lowest BCUT2D eigenvalue weighted by atomic mass is 9.97. The van der Waals surface area contributed by atoms with E-state index in [1.807, 2.05) is 4.90 Å². The highest BCUT2D eigenvalue weighted by Crippen LogP contribution is 2.34. The van der Waals surface area contributed by atoms with Crippen LogP contribution in [0.15, 0.2) is 64.0 Å². The number of sulfone groups is 1. The smallest absolute Gasteiger partial charge is 0.390 e. The van der Waals surface area contributed by atoms with Gasteiger partial charge in [0.1, 0.15) is 0 Å². The highest BCUT2D eigenvalue weighted by Gasteiger charge is 2.32. The van der Waals surface area contributed by atoms with Gasteiger partial charge in [0.2, 0.25) is 23.4 Å². The summed E-state index contributed by atoms with van der Waals surface area (Å²) in [6.07, 6.45) is -2.36. The van der Waals surface area contributed by atoms with Gasteiger partial charge in [-0.3, -0.25) is 0 Å². The summed E-state index contributed by atoms with van der Waals surface area (Å²) in [5.41, 5.74) is -0.150. The Morgan fingerprint density at radius 1 is 1.05 bits per heavy atom. The zero-order valence-electron chi connectivity index (χ0n) is 21.4. The van der Waals surface area contributed by atoms with Gasteiger partial charge in [0.15, 0.2) is 9.84 Å². The van der Waals surface area contributed by atoms with E-state index in [2.05, 4.69) is 25.4 Å². The van der Waals surface area contributed by atoms with Crippen LogP contribution in [0.25, 0.3) is 11.4 Å². The number of benzene rings is 2. The number of nitrogens with one attached hydrogen (secondary N) is 1. The van der Waals surface area contributed by atoms with E-state index in [1.165, 1.54) is 36.4 Å². The van der Waals surface area contributed by atoms with Crippen LogP contribution in [0.4, 0.5) is 36.4 Å². The van der Waals surface area contributed by atoms with Gasteiger partial charge < -0.3 is 24.9 Å². The second kappa shape index (κ2) is 10.8. The molecule has 0 aliphatic carbocycles. The lowest BCUT2D eigenvalue weighted by Gasteiger charge is -2.29. The maximum absolute atomic E-state index is 13.1. The molecule has 1 fully saturated rings. The predicted octanol–water partition coefficient (Wildman–Crippen LogP) is 4.98. The van der Waals surface area contributed by atoms with Gasteiger partial charge in [0.25, 0.3) is 0 Å². The molecule has 214 valence electrons. The van der Waals surface area contributed by atoms with E-state index in [-0.39, 0.29) is 28.0 Å². The minimum atomic E-state index is -4.50. The van der Waals surface area contributed by atoms with Crippen LogP contribution >= 0.6 is 0 Å². The molecule has 12 nitrogen and oxygen atoms in total. The number of nitro groups is 1. The van der Waals surface area contributed by atoms with E-state index in [0.717, 1.165) is 18.4 Å². The van der Waals surface area contributed by atoms with Crippen LogP contribution in [0.1, 0.15) is 30.2 Å². The zero-order valence-corrected chi connectivity index (χ0v) is 22.2. The molecule has 5 rings (SSSR count). The number of nitrogens with zero attached hydrogens (tertiary/aromatic N) is 6. The molecule has 1 saturated heterocycles. The fourth-order valence-corrected chi connectivity index (χ4v) is 5.00. The summed E-state index contributed by atoms with van der Waals surface area (Å²) in [7, 11) is -3.38. The topological polar surface area (TPSA) is 157 Å². The van der Waals surface area contributed by atoms with Crippen LogP contribution in [-0.4, -0.2) is 52.8 Å². The Morgan fingerprint density at radius 3 is 2.39 bits per heavy atom. The number of alkyl halides is 3.